The van der Waals surface area contributed by atoms with Gasteiger partial charge in [-0.1, -0.05) is 19.1 Å². The zero-order valence-electron chi connectivity index (χ0n) is 11.8. The Hall–Kier alpha value is -1.06. The molecule has 0 amide bonds. The van der Waals surface area contributed by atoms with Gasteiger partial charge in [0.15, 0.2) is 0 Å². The second kappa shape index (κ2) is 5.93. The molecule has 19 heavy (non-hydrogen) atoms. The molecule has 2 aliphatic rings. The van der Waals surface area contributed by atoms with Crippen LogP contribution in [0.25, 0.3) is 0 Å². The van der Waals surface area contributed by atoms with Crippen LogP contribution in [0.5, 0.6) is 5.75 Å². The second-order valence-electron chi connectivity index (χ2n) is 5.57. The number of piperidine rings is 1. The van der Waals surface area contributed by atoms with E-state index in [1.165, 1.54) is 24.2 Å². The fourth-order valence-electron chi connectivity index (χ4n) is 3.12. The van der Waals surface area contributed by atoms with Crippen LogP contribution in [0, 0.1) is 0 Å². The Balaban J connectivity index is 1.67. The molecule has 0 spiro atoms. The van der Waals surface area contributed by atoms with Gasteiger partial charge in [-0.25, -0.2) is 0 Å². The summed E-state index contributed by atoms with van der Waals surface area (Å²) in [5.41, 5.74) is 2.84. The molecule has 3 nitrogen and oxygen atoms in total. The summed E-state index contributed by atoms with van der Waals surface area (Å²) in [6, 6.07) is 6.52. The number of nitrogens with zero attached hydrogens (tertiary/aromatic N) is 1. The molecule has 1 saturated heterocycles. The summed E-state index contributed by atoms with van der Waals surface area (Å²) in [7, 11) is 0. The molecule has 2 aliphatic heterocycles. The minimum Gasteiger partial charge on any atom is -0.490 e. The molecule has 0 unspecified atom stereocenters. The van der Waals surface area contributed by atoms with Crippen molar-refractivity contribution in [3.8, 4) is 5.75 Å². The van der Waals surface area contributed by atoms with E-state index in [1.807, 2.05) is 0 Å². The Morgan fingerprint density at radius 3 is 2.95 bits per heavy atom. The van der Waals surface area contributed by atoms with E-state index >= 15 is 0 Å². The standard InChI is InChI=1S/C16H24N2O/c1-2-18-10-7-14(8-11-18)19-16-5-3-4-13-6-9-17-12-15(13)16/h3-5,14,17H,2,6-12H2,1H3. The predicted octanol–water partition coefficient (Wildman–Crippen LogP) is 2.20. The lowest BCUT2D eigenvalue weighted by molar-refractivity contribution is 0.102. The van der Waals surface area contributed by atoms with E-state index in [4.69, 9.17) is 4.74 Å². The minimum atomic E-state index is 0.399. The maximum atomic E-state index is 6.28. The van der Waals surface area contributed by atoms with Crippen molar-refractivity contribution in [2.45, 2.75) is 38.8 Å². The molecule has 1 aromatic rings. The molecule has 0 bridgehead atoms. The van der Waals surface area contributed by atoms with Crippen LogP contribution in [-0.2, 0) is 13.0 Å². The largest absolute Gasteiger partial charge is 0.490 e. The van der Waals surface area contributed by atoms with Crippen LogP contribution >= 0.6 is 0 Å². The van der Waals surface area contributed by atoms with E-state index in [0.717, 1.165) is 44.6 Å². The van der Waals surface area contributed by atoms with E-state index < -0.39 is 0 Å². The molecular formula is C16H24N2O. The van der Waals surface area contributed by atoms with E-state index in [2.05, 4.69) is 35.3 Å². The smallest absolute Gasteiger partial charge is 0.124 e. The maximum absolute atomic E-state index is 6.28. The quantitative estimate of drug-likeness (QED) is 0.901. The molecule has 1 aromatic carbocycles. The molecule has 2 heterocycles. The minimum absolute atomic E-state index is 0.399. The molecule has 104 valence electrons. The van der Waals surface area contributed by atoms with Crippen LogP contribution in [0.3, 0.4) is 0 Å². The lowest BCUT2D eigenvalue weighted by Crippen LogP contribution is -2.38. The van der Waals surface area contributed by atoms with Crippen LogP contribution < -0.4 is 10.1 Å². The van der Waals surface area contributed by atoms with Gasteiger partial charge in [0, 0.05) is 25.2 Å². The van der Waals surface area contributed by atoms with Crippen LogP contribution in [0.15, 0.2) is 18.2 Å². The highest BCUT2D eigenvalue weighted by molar-refractivity contribution is 5.41. The number of rotatable bonds is 3. The monoisotopic (exact) mass is 260 g/mol. The van der Waals surface area contributed by atoms with Gasteiger partial charge in [0.25, 0.3) is 0 Å². The van der Waals surface area contributed by atoms with Gasteiger partial charge >= 0.3 is 0 Å². The summed E-state index contributed by atoms with van der Waals surface area (Å²) in [5.74, 6) is 1.11. The molecular weight excluding hydrogens is 236 g/mol. The summed E-state index contributed by atoms with van der Waals surface area (Å²) in [6.07, 6.45) is 3.84. The lowest BCUT2D eigenvalue weighted by atomic mass is 10.00. The van der Waals surface area contributed by atoms with Gasteiger partial charge in [0.1, 0.15) is 11.9 Å². The Kier molecular flexibility index (Phi) is 4.04. The normalized spacial score (nSPS) is 21.1. The van der Waals surface area contributed by atoms with Crippen molar-refractivity contribution >= 4 is 0 Å². The summed E-state index contributed by atoms with van der Waals surface area (Å²) >= 11 is 0. The number of fused-ring (bicyclic) bond motifs is 1. The van der Waals surface area contributed by atoms with Gasteiger partial charge in [0.05, 0.1) is 0 Å². The van der Waals surface area contributed by atoms with Crippen LogP contribution in [0.2, 0.25) is 0 Å². The number of hydrogen-bond acceptors (Lipinski definition) is 3. The van der Waals surface area contributed by atoms with Crippen molar-refractivity contribution < 1.29 is 4.74 Å². The molecule has 0 aliphatic carbocycles. The molecule has 0 atom stereocenters. The summed E-state index contributed by atoms with van der Waals surface area (Å²) < 4.78 is 6.28. The van der Waals surface area contributed by atoms with Gasteiger partial charge in [-0.2, -0.15) is 0 Å². The molecule has 3 heteroatoms. The van der Waals surface area contributed by atoms with Gasteiger partial charge in [-0.15, -0.1) is 0 Å². The van der Waals surface area contributed by atoms with E-state index in [9.17, 15) is 0 Å². The van der Waals surface area contributed by atoms with Gasteiger partial charge < -0.3 is 15.0 Å². The third-order valence-electron chi connectivity index (χ3n) is 4.38. The average molecular weight is 260 g/mol. The number of nitrogens with one attached hydrogen (secondary N) is 1. The first-order chi connectivity index (χ1) is 9.36. The highest BCUT2D eigenvalue weighted by atomic mass is 16.5. The first-order valence-corrected chi connectivity index (χ1v) is 7.57. The summed E-state index contributed by atoms with van der Waals surface area (Å²) in [5, 5.41) is 3.45. The third-order valence-corrected chi connectivity index (χ3v) is 4.38. The number of hydrogen-bond donors (Lipinski definition) is 1. The Morgan fingerprint density at radius 2 is 2.16 bits per heavy atom. The highest BCUT2D eigenvalue weighted by Gasteiger charge is 2.21. The van der Waals surface area contributed by atoms with Crippen LogP contribution in [-0.4, -0.2) is 37.2 Å². The van der Waals surface area contributed by atoms with Crippen molar-refractivity contribution in [2.24, 2.45) is 0 Å². The van der Waals surface area contributed by atoms with Crippen molar-refractivity contribution in [2.75, 3.05) is 26.2 Å². The predicted molar refractivity (Wildman–Crippen MR) is 77.6 cm³/mol. The van der Waals surface area contributed by atoms with Crippen LogP contribution in [0.1, 0.15) is 30.9 Å². The topological polar surface area (TPSA) is 24.5 Å². The second-order valence-corrected chi connectivity index (χ2v) is 5.57. The van der Waals surface area contributed by atoms with Gasteiger partial charge in [-0.05, 0) is 44.0 Å². The Labute approximate surface area is 115 Å². The van der Waals surface area contributed by atoms with Crippen molar-refractivity contribution in [1.29, 1.82) is 0 Å². The van der Waals surface area contributed by atoms with Crippen molar-refractivity contribution in [3.63, 3.8) is 0 Å². The third kappa shape index (κ3) is 2.93. The molecule has 0 saturated carbocycles. The molecule has 0 aromatic heterocycles. The van der Waals surface area contributed by atoms with E-state index in [1.54, 1.807) is 0 Å². The van der Waals surface area contributed by atoms with Crippen molar-refractivity contribution in [1.82, 2.24) is 10.2 Å². The van der Waals surface area contributed by atoms with Crippen molar-refractivity contribution in [3.05, 3.63) is 29.3 Å². The fraction of sp³-hybridized carbons (Fsp3) is 0.625. The zero-order chi connectivity index (χ0) is 13.1. The molecule has 1 fully saturated rings. The first kappa shape index (κ1) is 12.9. The lowest BCUT2D eigenvalue weighted by Gasteiger charge is -2.32. The van der Waals surface area contributed by atoms with Gasteiger partial charge in [0.2, 0.25) is 0 Å². The number of likely N-dealkylation sites (tertiary alicyclic amines) is 1. The van der Waals surface area contributed by atoms with Crippen LogP contribution in [0.4, 0.5) is 0 Å². The highest BCUT2D eigenvalue weighted by Crippen LogP contribution is 2.27. The Bertz CT molecular complexity index is 425. The van der Waals surface area contributed by atoms with E-state index in [-0.39, 0.29) is 0 Å². The average Bonchev–Trinajstić information content (AvgIpc) is 2.48. The summed E-state index contributed by atoms with van der Waals surface area (Å²) in [4.78, 5) is 2.50. The zero-order valence-corrected chi connectivity index (χ0v) is 11.8. The van der Waals surface area contributed by atoms with E-state index in [0.29, 0.717) is 6.10 Å². The summed E-state index contributed by atoms with van der Waals surface area (Å²) in [6.45, 7) is 7.80. The maximum Gasteiger partial charge on any atom is 0.124 e. The molecule has 3 rings (SSSR count). The van der Waals surface area contributed by atoms with Gasteiger partial charge in [-0.3, -0.25) is 0 Å². The number of ether oxygens (including phenoxy) is 1. The Morgan fingerprint density at radius 1 is 1.32 bits per heavy atom. The first-order valence-electron chi connectivity index (χ1n) is 7.57. The molecule has 1 N–H and O–H groups in total. The SMILES string of the molecule is CCN1CCC(Oc2cccc3c2CNCC3)CC1. The molecule has 0 radical (unpaired) electrons. The number of benzene rings is 1. The fourth-order valence-corrected chi connectivity index (χ4v) is 3.12.